The second-order valence-electron chi connectivity index (χ2n) is 3.89. The minimum absolute atomic E-state index is 0.633. The van der Waals surface area contributed by atoms with E-state index in [0.29, 0.717) is 6.54 Å². The Balaban J connectivity index is 2.40. The summed E-state index contributed by atoms with van der Waals surface area (Å²) >= 11 is 1.63. The fraction of sp³-hybridized carbons (Fsp3) is 0.308. The zero-order valence-corrected chi connectivity index (χ0v) is 10.9. The SMILES string of the molecule is COc1ccc(C)cc1-c1nc(CCN)cs1. The summed E-state index contributed by atoms with van der Waals surface area (Å²) in [5, 5.41) is 3.05. The summed E-state index contributed by atoms with van der Waals surface area (Å²) in [5.74, 6) is 0.865. The molecule has 2 rings (SSSR count). The molecule has 4 heteroatoms. The highest BCUT2D eigenvalue weighted by Gasteiger charge is 2.10. The van der Waals surface area contributed by atoms with Crippen LogP contribution in [0.15, 0.2) is 23.6 Å². The van der Waals surface area contributed by atoms with Crippen LogP contribution in [0, 0.1) is 6.92 Å². The van der Waals surface area contributed by atoms with Crippen LogP contribution in [0.25, 0.3) is 10.6 Å². The van der Waals surface area contributed by atoms with E-state index in [1.165, 1.54) is 5.56 Å². The van der Waals surface area contributed by atoms with Crippen molar-refractivity contribution in [2.24, 2.45) is 5.73 Å². The fourth-order valence-corrected chi connectivity index (χ4v) is 2.56. The van der Waals surface area contributed by atoms with E-state index >= 15 is 0 Å². The van der Waals surface area contributed by atoms with Gasteiger partial charge in [0.2, 0.25) is 0 Å². The molecule has 0 aliphatic rings. The van der Waals surface area contributed by atoms with Crippen molar-refractivity contribution >= 4 is 11.3 Å². The number of aromatic nitrogens is 1. The molecule has 0 saturated heterocycles. The number of thiazole rings is 1. The lowest BCUT2D eigenvalue weighted by Crippen LogP contribution is -2.02. The molecule has 2 aromatic rings. The van der Waals surface area contributed by atoms with Crippen LogP contribution in [0.2, 0.25) is 0 Å². The molecule has 17 heavy (non-hydrogen) atoms. The molecule has 0 spiro atoms. The monoisotopic (exact) mass is 248 g/mol. The van der Waals surface area contributed by atoms with Crippen LogP contribution >= 0.6 is 11.3 Å². The van der Waals surface area contributed by atoms with E-state index in [2.05, 4.69) is 23.4 Å². The van der Waals surface area contributed by atoms with Crippen molar-refractivity contribution in [1.29, 1.82) is 0 Å². The van der Waals surface area contributed by atoms with Gasteiger partial charge in [0.1, 0.15) is 10.8 Å². The Morgan fingerprint density at radius 1 is 1.41 bits per heavy atom. The van der Waals surface area contributed by atoms with Gasteiger partial charge in [-0.05, 0) is 25.6 Å². The Morgan fingerprint density at radius 3 is 2.94 bits per heavy atom. The predicted molar refractivity (Wildman–Crippen MR) is 71.6 cm³/mol. The standard InChI is InChI=1S/C13H16N2OS/c1-9-3-4-12(16-2)11(7-9)13-15-10(5-6-14)8-17-13/h3-4,7-8H,5-6,14H2,1-2H3. The highest BCUT2D eigenvalue weighted by molar-refractivity contribution is 7.13. The van der Waals surface area contributed by atoms with Gasteiger partial charge < -0.3 is 10.5 Å². The Labute approximate surface area is 105 Å². The highest BCUT2D eigenvalue weighted by Crippen LogP contribution is 2.32. The highest BCUT2D eigenvalue weighted by atomic mass is 32.1. The Hall–Kier alpha value is -1.39. The summed E-state index contributed by atoms with van der Waals surface area (Å²) in [5.41, 5.74) is 8.84. The first-order valence-electron chi connectivity index (χ1n) is 5.54. The zero-order valence-electron chi connectivity index (χ0n) is 10.1. The molecule has 1 aromatic carbocycles. The van der Waals surface area contributed by atoms with Crippen molar-refractivity contribution in [1.82, 2.24) is 4.98 Å². The van der Waals surface area contributed by atoms with Gasteiger partial charge in [-0.25, -0.2) is 4.98 Å². The Morgan fingerprint density at radius 2 is 2.24 bits per heavy atom. The summed E-state index contributed by atoms with van der Waals surface area (Å²) < 4.78 is 5.37. The van der Waals surface area contributed by atoms with Crippen molar-refractivity contribution in [2.45, 2.75) is 13.3 Å². The van der Waals surface area contributed by atoms with Gasteiger partial charge in [-0.15, -0.1) is 11.3 Å². The lowest BCUT2D eigenvalue weighted by molar-refractivity contribution is 0.416. The number of aryl methyl sites for hydroxylation is 1. The summed E-state index contributed by atoms with van der Waals surface area (Å²) in [6.45, 7) is 2.70. The third kappa shape index (κ3) is 2.65. The number of benzene rings is 1. The predicted octanol–water partition coefficient (Wildman–Crippen LogP) is 2.63. The molecule has 2 N–H and O–H groups in total. The molecule has 0 aliphatic carbocycles. The number of nitrogens with two attached hydrogens (primary N) is 1. The minimum Gasteiger partial charge on any atom is -0.496 e. The molecule has 0 amide bonds. The van der Waals surface area contributed by atoms with Gasteiger partial charge in [-0.3, -0.25) is 0 Å². The van der Waals surface area contributed by atoms with E-state index < -0.39 is 0 Å². The zero-order chi connectivity index (χ0) is 12.3. The molecule has 0 unspecified atom stereocenters. The van der Waals surface area contributed by atoms with Gasteiger partial charge in [0.15, 0.2) is 0 Å². The van der Waals surface area contributed by atoms with Crippen LogP contribution in [0.3, 0.4) is 0 Å². The van der Waals surface area contributed by atoms with Crippen LogP contribution < -0.4 is 10.5 Å². The molecule has 1 aromatic heterocycles. The lowest BCUT2D eigenvalue weighted by Gasteiger charge is -2.06. The number of hydrogen-bond acceptors (Lipinski definition) is 4. The average molecular weight is 248 g/mol. The molecule has 0 bridgehead atoms. The molecule has 0 saturated carbocycles. The van der Waals surface area contributed by atoms with Crippen LogP contribution in [0.1, 0.15) is 11.3 Å². The molecule has 1 heterocycles. The molecule has 0 fully saturated rings. The van der Waals surface area contributed by atoms with Crippen LogP contribution in [-0.2, 0) is 6.42 Å². The Bertz CT molecular complexity index is 508. The van der Waals surface area contributed by atoms with E-state index in [0.717, 1.165) is 28.4 Å². The number of nitrogens with zero attached hydrogens (tertiary/aromatic N) is 1. The normalized spacial score (nSPS) is 10.5. The number of rotatable bonds is 4. The second-order valence-corrected chi connectivity index (χ2v) is 4.74. The quantitative estimate of drug-likeness (QED) is 0.904. The minimum atomic E-state index is 0.633. The molecular formula is C13H16N2OS. The molecule has 0 aliphatic heterocycles. The van der Waals surface area contributed by atoms with Gasteiger partial charge in [0, 0.05) is 11.8 Å². The maximum Gasteiger partial charge on any atom is 0.129 e. The lowest BCUT2D eigenvalue weighted by atomic mass is 10.1. The third-order valence-electron chi connectivity index (χ3n) is 2.54. The van der Waals surface area contributed by atoms with Crippen molar-refractivity contribution in [2.75, 3.05) is 13.7 Å². The summed E-state index contributed by atoms with van der Waals surface area (Å²) in [6.07, 6.45) is 0.824. The van der Waals surface area contributed by atoms with Gasteiger partial charge >= 0.3 is 0 Å². The molecule has 3 nitrogen and oxygen atoms in total. The summed E-state index contributed by atoms with van der Waals surface area (Å²) in [7, 11) is 1.68. The third-order valence-corrected chi connectivity index (χ3v) is 3.46. The first kappa shape index (κ1) is 12.1. The van der Waals surface area contributed by atoms with E-state index in [9.17, 15) is 0 Å². The average Bonchev–Trinajstić information content (AvgIpc) is 2.78. The van der Waals surface area contributed by atoms with Gasteiger partial charge in [0.25, 0.3) is 0 Å². The van der Waals surface area contributed by atoms with E-state index in [1.807, 2.05) is 12.1 Å². The summed E-state index contributed by atoms with van der Waals surface area (Å²) in [6, 6.07) is 6.12. The topological polar surface area (TPSA) is 48.1 Å². The van der Waals surface area contributed by atoms with E-state index in [4.69, 9.17) is 10.5 Å². The van der Waals surface area contributed by atoms with Crippen LogP contribution in [0.5, 0.6) is 5.75 Å². The number of ether oxygens (including phenoxy) is 1. The molecular weight excluding hydrogens is 232 g/mol. The second kappa shape index (κ2) is 5.29. The number of hydrogen-bond donors (Lipinski definition) is 1. The van der Waals surface area contributed by atoms with Crippen LogP contribution in [-0.4, -0.2) is 18.6 Å². The van der Waals surface area contributed by atoms with Gasteiger partial charge in [0.05, 0.1) is 18.4 Å². The van der Waals surface area contributed by atoms with Gasteiger partial charge in [-0.1, -0.05) is 11.6 Å². The number of methoxy groups -OCH3 is 1. The maximum absolute atomic E-state index is 5.53. The molecule has 0 atom stereocenters. The smallest absolute Gasteiger partial charge is 0.129 e. The summed E-state index contributed by atoms with van der Waals surface area (Å²) in [4.78, 5) is 4.58. The van der Waals surface area contributed by atoms with Crippen molar-refractivity contribution in [3.63, 3.8) is 0 Å². The van der Waals surface area contributed by atoms with Gasteiger partial charge in [-0.2, -0.15) is 0 Å². The first-order chi connectivity index (χ1) is 8.24. The molecule has 90 valence electrons. The van der Waals surface area contributed by atoms with E-state index in [1.54, 1.807) is 18.4 Å². The fourth-order valence-electron chi connectivity index (χ4n) is 1.68. The largest absolute Gasteiger partial charge is 0.496 e. The Kier molecular flexibility index (Phi) is 3.76. The maximum atomic E-state index is 5.53. The van der Waals surface area contributed by atoms with Crippen LogP contribution in [0.4, 0.5) is 0 Å². The van der Waals surface area contributed by atoms with Crippen molar-refractivity contribution < 1.29 is 4.74 Å². The van der Waals surface area contributed by atoms with E-state index in [-0.39, 0.29) is 0 Å². The first-order valence-corrected chi connectivity index (χ1v) is 6.42. The van der Waals surface area contributed by atoms with Crippen molar-refractivity contribution in [3.8, 4) is 16.3 Å². The van der Waals surface area contributed by atoms with Crippen molar-refractivity contribution in [3.05, 3.63) is 34.8 Å². The molecule has 0 radical (unpaired) electrons.